The van der Waals surface area contributed by atoms with Crippen LogP contribution in [0.5, 0.6) is 0 Å². The molecule has 2 N–H and O–H groups in total. The maximum Gasteiger partial charge on any atom is 0.293 e. The van der Waals surface area contributed by atoms with E-state index in [9.17, 15) is 18.5 Å². The Morgan fingerprint density at radius 1 is 1.20 bits per heavy atom. The highest BCUT2D eigenvalue weighted by Gasteiger charge is 2.38. The number of benzene rings is 1. The fourth-order valence-electron chi connectivity index (χ4n) is 5.10. The van der Waals surface area contributed by atoms with Crippen LogP contribution in [0.1, 0.15) is 60.3 Å². The van der Waals surface area contributed by atoms with Crippen LogP contribution in [-0.4, -0.2) is 47.9 Å². The lowest BCUT2D eigenvalue weighted by atomic mass is 9.79. The smallest absolute Gasteiger partial charge is 0.293 e. The summed E-state index contributed by atoms with van der Waals surface area (Å²) in [5.74, 6) is 0.288. The van der Waals surface area contributed by atoms with Gasteiger partial charge in [-0.25, -0.2) is 8.42 Å². The van der Waals surface area contributed by atoms with Gasteiger partial charge in [0, 0.05) is 36.3 Å². The third kappa shape index (κ3) is 5.12. The first-order valence-corrected chi connectivity index (χ1v) is 12.1. The lowest BCUT2D eigenvalue weighted by Gasteiger charge is -2.46. The van der Waals surface area contributed by atoms with E-state index in [-0.39, 0.29) is 33.6 Å². The van der Waals surface area contributed by atoms with Gasteiger partial charge in [-0.2, -0.15) is 4.31 Å². The Labute approximate surface area is 179 Å². The molecule has 2 aliphatic heterocycles. The van der Waals surface area contributed by atoms with Gasteiger partial charge in [0.05, 0.1) is 9.82 Å². The third-order valence-electron chi connectivity index (χ3n) is 5.97. The molecule has 2 fully saturated rings. The summed E-state index contributed by atoms with van der Waals surface area (Å²) < 4.78 is 27.6. The van der Waals surface area contributed by atoms with E-state index in [4.69, 9.17) is 0 Å². The van der Waals surface area contributed by atoms with Gasteiger partial charge in [0.25, 0.3) is 5.69 Å². The standard InChI is InChI=1S/C21H34N4O4S/c1-15-7-6-10-24(14-15)30(28,29)17-8-9-18(19(11-17)25(26)27)22-16-12-20(2,3)23-21(4,5)13-16/h8-9,11,15-16,22-23H,6-7,10,12-14H2,1-5H3/t15-/m1/s1. The van der Waals surface area contributed by atoms with Crippen molar-refractivity contribution in [1.82, 2.24) is 9.62 Å². The second-order valence-corrected chi connectivity index (χ2v) is 12.1. The molecule has 0 saturated carbocycles. The van der Waals surface area contributed by atoms with Gasteiger partial charge in [-0.1, -0.05) is 6.92 Å². The number of hydrogen-bond donors (Lipinski definition) is 2. The van der Waals surface area contributed by atoms with E-state index in [1.54, 1.807) is 6.07 Å². The van der Waals surface area contributed by atoms with Gasteiger partial charge in [0.1, 0.15) is 5.69 Å². The fourth-order valence-corrected chi connectivity index (χ4v) is 6.72. The number of nitrogens with zero attached hydrogens (tertiary/aromatic N) is 2. The van der Waals surface area contributed by atoms with Gasteiger partial charge < -0.3 is 10.6 Å². The summed E-state index contributed by atoms with van der Waals surface area (Å²) in [6.07, 6.45) is 3.42. The molecule has 168 valence electrons. The van der Waals surface area contributed by atoms with Crippen LogP contribution in [0.4, 0.5) is 11.4 Å². The van der Waals surface area contributed by atoms with Crippen LogP contribution in [0.25, 0.3) is 0 Å². The zero-order valence-corrected chi connectivity index (χ0v) is 19.4. The highest BCUT2D eigenvalue weighted by molar-refractivity contribution is 7.89. The van der Waals surface area contributed by atoms with Gasteiger partial charge in [-0.05, 0) is 71.4 Å². The number of rotatable bonds is 5. The molecule has 0 unspecified atom stereocenters. The van der Waals surface area contributed by atoms with Crippen LogP contribution < -0.4 is 10.6 Å². The molecule has 2 aliphatic rings. The molecule has 0 radical (unpaired) electrons. The molecule has 3 rings (SSSR count). The zero-order chi connectivity index (χ0) is 22.3. The monoisotopic (exact) mass is 438 g/mol. The second kappa shape index (κ2) is 8.09. The Morgan fingerprint density at radius 2 is 1.83 bits per heavy atom. The Balaban J connectivity index is 1.88. The molecule has 0 aliphatic carbocycles. The summed E-state index contributed by atoms with van der Waals surface area (Å²) in [5, 5.41) is 18.7. The molecule has 0 spiro atoms. The third-order valence-corrected chi connectivity index (χ3v) is 7.83. The van der Waals surface area contributed by atoms with Crippen LogP contribution >= 0.6 is 0 Å². The minimum absolute atomic E-state index is 0.0141. The van der Waals surface area contributed by atoms with E-state index < -0.39 is 14.9 Å². The number of nitrogens with one attached hydrogen (secondary N) is 2. The number of sulfonamides is 1. The SMILES string of the molecule is C[C@@H]1CCCN(S(=O)(=O)c2ccc(NC3CC(C)(C)NC(C)(C)C3)c([N+](=O)[O-])c2)C1. The summed E-state index contributed by atoms with van der Waals surface area (Å²) in [6, 6.07) is 4.27. The van der Waals surface area contributed by atoms with Crippen molar-refractivity contribution >= 4 is 21.4 Å². The van der Waals surface area contributed by atoms with E-state index in [2.05, 4.69) is 38.3 Å². The number of nitro benzene ring substituents is 1. The summed E-state index contributed by atoms with van der Waals surface area (Å²) in [4.78, 5) is 11.3. The number of nitro groups is 1. The maximum atomic E-state index is 13.1. The van der Waals surface area contributed by atoms with Gasteiger partial charge in [0.15, 0.2) is 0 Å². The maximum absolute atomic E-state index is 13.1. The minimum Gasteiger partial charge on any atom is -0.377 e. The zero-order valence-electron chi connectivity index (χ0n) is 18.6. The molecule has 1 atom stereocenters. The minimum atomic E-state index is -3.75. The number of hydrogen-bond acceptors (Lipinski definition) is 6. The van der Waals surface area contributed by atoms with E-state index in [1.807, 2.05) is 6.92 Å². The first-order chi connectivity index (χ1) is 13.8. The first-order valence-electron chi connectivity index (χ1n) is 10.6. The van der Waals surface area contributed by atoms with Crippen molar-refractivity contribution in [2.75, 3.05) is 18.4 Å². The molecule has 1 aromatic rings. The fraction of sp³-hybridized carbons (Fsp3) is 0.714. The van der Waals surface area contributed by atoms with Gasteiger partial charge >= 0.3 is 0 Å². The van der Waals surface area contributed by atoms with Crippen molar-refractivity contribution in [2.45, 2.75) is 82.3 Å². The van der Waals surface area contributed by atoms with Gasteiger partial charge in [0.2, 0.25) is 10.0 Å². The Morgan fingerprint density at radius 3 is 2.40 bits per heavy atom. The molecule has 30 heavy (non-hydrogen) atoms. The van der Waals surface area contributed by atoms with Crippen LogP contribution in [0, 0.1) is 16.0 Å². The molecular weight excluding hydrogens is 404 g/mol. The van der Waals surface area contributed by atoms with E-state index in [1.165, 1.54) is 16.4 Å². The summed E-state index contributed by atoms with van der Waals surface area (Å²) >= 11 is 0. The molecule has 2 saturated heterocycles. The van der Waals surface area contributed by atoms with Crippen molar-refractivity contribution < 1.29 is 13.3 Å². The van der Waals surface area contributed by atoms with Crippen LogP contribution in [0.15, 0.2) is 23.1 Å². The molecular formula is C21H34N4O4S. The molecule has 2 heterocycles. The van der Waals surface area contributed by atoms with Gasteiger partial charge in [-0.3, -0.25) is 10.1 Å². The molecule has 0 bridgehead atoms. The van der Waals surface area contributed by atoms with Crippen molar-refractivity contribution in [1.29, 1.82) is 0 Å². The highest BCUT2D eigenvalue weighted by atomic mass is 32.2. The summed E-state index contributed by atoms with van der Waals surface area (Å²) in [7, 11) is -3.75. The van der Waals surface area contributed by atoms with Crippen LogP contribution in [-0.2, 0) is 10.0 Å². The van der Waals surface area contributed by atoms with E-state index >= 15 is 0 Å². The average Bonchev–Trinajstić information content (AvgIpc) is 2.59. The quantitative estimate of drug-likeness (QED) is 0.536. The van der Waals surface area contributed by atoms with Crippen molar-refractivity contribution in [3.8, 4) is 0 Å². The predicted octanol–water partition coefficient (Wildman–Crippen LogP) is 3.74. The Kier molecular flexibility index (Phi) is 6.19. The average molecular weight is 439 g/mol. The normalized spacial score (nSPS) is 25.0. The van der Waals surface area contributed by atoms with Crippen molar-refractivity contribution in [2.24, 2.45) is 5.92 Å². The molecule has 9 heteroatoms. The molecule has 0 amide bonds. The van der Waals surface area contributed by atoms with Crippen molar-refractivity contribution in [3.05, 3.63) is 28.3 Å². The lowest BCUT2D eigenvalue weighted by molar-refractivity contribution is -0.384. The topological polar surface area (TPSA) is 105 Å². The predicted molar refractivity (Wildman–Crippen MR) is 118 cm³/mol. The summed E-state index contributed by atoms with van der Waals surface area (Å²) in [5.41, 5.74) is -0.0510. The number of anilines is 1. The second-order valence-electron chi connectivity index (χ2n) is 10.2. The Hall–Kier alpha value is -1.71. The van der Waals surface area contributed by atoms with Gasteiger partial charge in [-0.15, -0.1) is 0 Å². The van der Waals surface area contributed by atoms with E-state index in [0.29, 0.717) is 18.8 Å². The van der Waals surface area contributed by atoms with E-state index in [0.717, 1.165) is 25.7 Å². The lowest BCUT2D eigenvalue weighted by Crippen LogP contribution is -2.60. The first kappa shape index (κ1) is 23.0. The largest absolute Gasteiger partial charge is 0.377 e. The molecule has 8 nitrogen and oxygen atoms in total. The number of piperidine rings is 2. The molecule has 0 aromatic heterocycles. The van der Waals surface area contributed by atoms with Crippen LogP contribution in [0.2, 0.25) is 0 Å². The van der Waals surface area contributed by atoms with Crippen LogP contribution in [0.3, 0.4) is 0 Å². The molecule has 1 aromatic carbocycles. The van der Waals surface area contributed by atoms with Crippen molar-refractivity contribution in [3.63, 3.8) is 0 Å². The highest BCUT2D eigenvalue weighted by Crippen LogP contribution is 2.35. The summed E-state index contributed by atoms with van der Waals surface area (Å²) in [6.45, 7) is 11.4. The Bertz CT molecular complexity index is 898.